The highest BCUT2D eigenvalue weighted by atomic mass is 16.3. The lowest BCUT2D eigenvalue weighted by molar-refractivity contribution is 0.610. The number of rotatable bonds is 3. The number of nitrogens with zero attached hydrogens (tertiary/aromatic N) is 1. The van der Waals surface area contributed by atoms with Gasteiger partial charge in [0.15, 0.2) is 0 Å². The maximum atomic E-state index is 5.62. The average Bonchev–Trinajstić information content (AvgIpc) is 2.82. The zero-order valence-electron chi connectivity index (χ0n) is 10.9. The van der Waals surface area contributed by atoms with E-state index in [1.54, 1.807) is 6.26 Å². The molecule has 3 aromatic rings. The molecule has 2 aromatic heterocycles. The number of hydrogen-bond acceptors (Lipinski definition) is 3. The van der Waals surface area contributed by atoms with Gasteiger partial charge in [0.1, 0.15) is 5.58 Å². The SMILES string of the molecule is Cc1cncc(-c2ccc3c(CCN)coc3c2)c1. The summed E-state index contributed by atoms with van der Waals surface area (Å²) in [5, 5.41) is 1.15. The molecule has 0 saturated carbocycles. The molecule has 1 aromatic carbocycles. The topological polar surface area (TPSA) is 52.0 Å². The van der Waals surface area contributed by atoms with Gasteiger partial charge in [-0.2, -0.15) is 0 Å². The van der Waals surface area contributed by atoms with Crippen LogP contribution in [0.5, 0.6) is 0 Å². The molecule has 0 spiro atoms. The molecule has 0 atom stereocenters. The van der Waals surface area contributed by atoms with Crippen LogP contribution < -0.4 is 5.73 Å². The van der Waals surface area contributed by atoms with Crippen LogP contribution in [0, 0.1) is 6.92 Å². The molecule has 0 unspecified atom stereocenters. The van der Waals surface area contributed by atoms with Gasteiger partial charge in [0.05, 0.1) is 6.26 Å². The smallest absolute Gasteiger partial charge is 0.134 e. The van der Waals surface area contributed by atoms with E-state index in [2.05, 4.69) is 29.2 Å². The minimum absolute atomic E-state index is 0.637. The van der Waals surface area contributed by atoms with Crippen LogP contribution in [0.2, 0.25) is 0 Å². The van der Waals surface area contributed by atoms with Gasteiger partial charge in [-0.15, -0.1) is 0 Å². The lowest BCUT2D eigenvalue weighted by Gasteiger charge is -2.02. The van der Waals surface area contributed by atoms with Crippen molar-refractivity contribution in [2.24, 2.45) is 5.73 Å². The molecule has 0 aliphatic heterocycles. The first-order valence-electron chi connectivity index (χ1n) is 6.40. The Morgan fingerprint density at radius 2 is 2.05 bits per heavy atom. The average molecular weight is 252 g/mol. The standard InChI is InChI=1S/C16H16N2O/c1-11-6-14(9-18-8-11)12-2-3-15-13(4-5-17)10-19-16(15)7-12/h2-3,6-10H,4-5,17H2,1H3. The molecular weight excluding hydrogens is 236 g/mol. The number of aromatic nitrogens is 1. The molecular formula is C16H16N2O. The van der Waals surface area contributed by atoms with E-state index in [9.17, 15) is 0 Å². The van der Waals surface area contributed by atoms with E-state index in [-0.39, 0.29) is 0 Å². The van der Waals surface area contributed by atoms with Crippen molar-refractivity contribution < 1.29 is 4.42 Å². The van der Waals surface area contributed by atoms with Crippen molar-refractivity contribution in [2.45, 2.75) is 13.3 Å². The van der Waals surface area contributed by atoms with E-state index >= 15 is 0 Å². The first kappa shape index (κ1) is 11.9. The predicted octanol–water partition coefficient (Wildman–Crippen LogP) is 3.30. The lowest BCUT2D eigenvalue weighted by atomic mass is 10.0. The van der Waals surface area contributed by atoms with E-state index in [0.717, 1.165) is 34.1 Å². The molecule has 2 N–H and O–H groups in total. The Labute approximate surface area is 112 Å². The van der Waals surface area contributed by atoms with E-state index in [1.165, 1.54) is 5.56 Å². The van der Waals surface area contributed by atoms with E-state index in [1.807, 2.05) is 19.3 Å². The highest BCUT2D eigenvalue weighted by Gasteiger charge is 2.07. The molecule has 0 amide bonds. The van der Waals surface area contributed by atoms with Crippen molar-refractivity contribution in [2.75, 3.05) is 6.54 Å². The summed E-state index contributed by atoms with van der Waals surface area (Å²) >= 11 is 0. The van der Waals surface area contributed by atoms with Crippen LogP contribution >= 0.6 is 0 Å². The number of nitrogens with two attached hydrogens (primary N) is 1. The van der Waals surface area contributed by atoms with Crippen molar-refractivity contribution in [3.8, 4) is 11.1 Å². The van der Waals surface area contributed by atoms with Crippen molar-refractivity contribution in [3.63, 3.8) is 0 Å². The molecule has 0 radical (unpaired) electrons. The molecule has 19 heavy (non-hydrogen) atoms. The molecule has 0 bridgehead atoms. The Balaban J connectivity index is 2.07. The third-order valence-electron chi connectivity index (χ3n) is 3.28. The summed E-state index contributed by atoms with van der Waals surface area (Å²) in [7, 11) is 0. The Bertz CT molecular complexity index is 716. The summed E-state index contributed by atoms with van der Waals surface area (Å²) in [4.78, 5) is 4.23. The number of benzene rings is 1. The fraction of sp³-hybridized carbons (Fsp3) is 0.188. The van der Waals surface area contributed by atoms with Gasteiger partial charge in [0, 0.05) is 23.3 Å². The van der Waals surface area contributed by atoms with Crippen molar-refractivity contribution in [1.82, 2.24) is 4.98 Å². The van der Waals surface area contributed by atoms with Crippen molar-refractivity contribution >= 4 is 11.0 Å². The molecule has 2 heterocycles. The van der Waals surface area contributed by atoms with Gasteiger partial charge in [0.25, 0.3) is 0 Å². The summed E-state index contributed by atoms with van der Waals surface area (Å²) < 4.78 is 5.62. The van der Waals surface area contributed by atoms with Crippen LogP contribution in [-0.2, 0) is 6.42 Å². The summed E-state index contributed by atoms with van der Waals surface area (Å²) in [6, 6.07) is 8.39. The van der Waals surface area contributed by atoms with Gasteiger partial charge in [-0.3, -0.25) is 4.98 Å². The Kier molecular flexibility index (Phi) is 3.05. The summed E-state index contributed by atoms with van der Waals surface area (Å²) in [5.41, 5.74) is 11.1. The van der Waals surface area contributed by atoms with Crippen molar-refractivity contribution in [3.05, 3.63) is 54.0 Å². The van der Waals surface area contributed by atoms with Gasteiger partial charge in [0.2, 0.25) is 0 Å². The molecule has 3 rings (SSSR count). The second kappa shape index (κ2) is 4.86. The minimum Gasteiger partial charge on any atom is -0.464 e. The molecule has 96 valence electrons. The number of fused-ring (bicyclic) bond motifs is 1. The third kappa shape index (κ3) is 2.25. The minimum atomic E-state index is 0.637. The number of aryl methyl sites for hydroxylation is 1. The van der Waals surface area contributed by atoms with Crippen LogP contribution in [0.4, 0.5) is 0 Å². The maximum Gasteiger partial charge on any atom is 0.134 e. The van der Waals surface area contributed by atoms with Gasteiger partial charge in [-0.05, 0) is 48.7 Å². The van der Waals surface area contributed by atoms with Crippen LogP contribution in [-0.4, -0.2) is 11.5 Å². The van der Waals surface area contributed by atoms with E-state index in [0.29, 0.717) is 6.54 Å². The molecule has 0 aliphatic rings. The second-order valence-corrected chi connectivity index (χ2v) is 4.76. The van der Waals surface area contributed by atoms with Crippen LogP contribution in [0.15, 0.2) is 47.3 Å². The number of pyridine rings is 1. The van der Waals surface area contributed by atoms with Crippen LogP contribution in [0.3, 0.4) is 0 Å². The highest BCUT2D eigenvalue weighted by Crippen LogP contribution is 2.27. The Morgan fingerprint density at radius 1 is 1.16 bits per heavy atom. The zero-order valence-corrected chi connectivity index (χ0v) is 10.9. The third-order valence-corrected chi connectivity index (χ3v) is 3.28. The van der Waals surface area contributed by atoms with Crippen LogP contribution in [0.1, 0.15) is 11.1 Å². The summed E-state index contributed by atoms with van der Waals surface area (Å²) in [5.74, 6) is 0. The molecule has 0 saturated heterocycles. The molecule has 0 aliphatic carbocycles. The van der Waals surface area contributed by atoms with Gasteiger partial charge < -0.3 is 10.2 Å². The summed E-state index contributed by atoms with van der Waals surface area (Å²) in [6.45, 7) is 2.68. The van der Waals surface area contributed by atoms with Crippen LogP contribution in [0.25, 0.3) is 22.1 Å². The predicted molar refractivity (Wildman–Crippen MR) is 76.9 cm³/mol. The quantitative estimate of drug-likeness (QED) is 0.778. The Morgan fingerprint density at radius 3 is 2.84 bits per heavy atom. The maximum absolute atomic E-state index is 5.62. The van der Waals surface area contributed by atoms with E-state index < -0.39 is 0 Å². The largest absolute Gasteiger partial charge is 0.464 e. The lowest BCUT2D eigenvalue weighted by Crippen LogP contribution is -2.01. The molecule has 3 nitrogen and oxygen atoms in total. The monoisotopic (exact) mass is 252 g/mol. The fourth-order valence-electron chi connectivity index (χ4n) is 2.32. The van der Waals surface area contributed by atoms with E-state index in [4.69, 9.17) is 10.2 Å². The van der Waals surface area contributed by atoms with Crippen molar-refractivity contribution in [1.29, 1.82) is 0 Å². The Hall–Kier alpha value is -2.13. The fourth-order valence-corrected chi connectivity index (χ4v) is 2.32. The highest BCUT2D eigenvalue weighted by molar-refractivity contribution is 5.85. The normalized spacial score (nSPS) is 11.1. The second-order valence-electron chi connectivity index (χ2n) is 4.76. The van der Waals surface area contributed by atoms with Gasteiger partial charge in [-0.25, -0.2) is 0 Å². The molecule has 3 heteroatoms. The summed E-state index contributed by atoms with van der Waals surface area (Å²) in [6.07, 6.45) is 6.38. The van der Waals surface area contributed by atoms with Gasteiger partial charge >= 0.3 is 0 Å². The van der Waals surface area contributed by atoms with Gasteiger partial charge in [-0.1, -0.05) is 12.1 Å². The number of hydrogen-bond donors (Lipinski definition) is 1. The number of furan rings is 1. The first-order valence-corrected chi connectivity index (χ1v) is 6.40. The zero-order chi connectivity index (χ0) is 13.2. The molecule has 0 fully saturated rings. The first-order chi connectivity index (χ1) is 9.28.